The highest BCUT2D eigenvalue weighted by atomic mass is 79.9. The van der Waals surface area contributed by atoms with Crippen LogP contribution in [0.15, 0.2) is 22.7 Å². The van der Waals surface area contributed by atoms with Crippen LogP contribution in [0.4, 0.5) is 0 Å². The molecule has 19 heavy (non-hydrogen) atoms. The van der Waals surface area contributed by atoms with Crippen molar-refractivity contribution < 1.29 is 9.53 Å². The number of carbonyl (C=O) groups is 1. The number of nitrogens with one attached hydrogen (secondary N) is 1. The van der Waals surface area contributed by atoms with E-state index < -0.39 is 5.91 Å². The third-order valence-electron chi connectivity index (χ3n) is 2.35. The number of primary amides is 1. The Morgan fingerprint density at radius 1 is 1.42 bits per heavy atom. The molecular formula is C12H13BrN4O2. The predicted octanol–water partition coefficient (Wildman–Crippen LogP) is 2.12. The molecule has 3 N–H and O–H groups in total. The van der Waals surface area contributed by atoms with Crippen molar-refractivity contribution in [1.29, 1.82) is 0 Å². The molecule has 0 saturated heterocycles. The van der Waals surface area contributed by atoms with E-state index in [1.165, 1.54) is 0 Å². The maximum atomic E-state index is 11.2. The molecule has 0 aliphatic carbocycles. The second-order valence-corrected chi connectivity index (χ2v) is 5.05. The minimum Gasteiger partial charge on any atom is -0.490 e. The molecule has 1 aromatic carbocycles. The van der Waals surface area contributed by atoms with Gasteiger partial charge in [0, 0.05) is 5.56 Å². The Bertz CT molecular complexity index is 610. The van der Waals surface area contributed by atoms with Crippen molar-refractivity contribution in [2.24, 2.45) is 5.73 Å². The average molecular weight is 325 g/mol. The lowest BCUT2D eigenvalue weighted by atomic mass is 10.1. The number of halogens is 1. The Morgan fingerprint density at radius 2 is 2.16 bits per heavy atom. The topological polar surface area (TPSA) is 93.9 Å². The lowest BCUT2D eigenvalue weighted by molar-refractivity contribution is 0.0996. The maximum absolute atomic E-state index is 11.2. The van der Waals surface area contributed by atoms with Crippen LogP contribution < -0.4 is 10.5 Å². The van der Waals surface area contributed by atoms with Crippen LogP contribution in [0.1, 0.15) is 24.3 Å². The smallest absolute Gasteiger partial charge is 0.271 e. The lowest BCUT2D eigenvalue weighted by Crippen LogP contribution is -2.12. The van der Waals surface area contributed by atoms with Crippen LogP contribution in [0, 0.1) is 0 Å². The van der Waals surface area contributed by atoms with E-state index in [1.54, 1.807) is 12.1 Å². The highest BCUT2D eigenvalue weighted by molar-refractivity contribution is 9.10. The van der Waals surface area contributed by atoms with Crippen LogP contribution in [0.25, 0.3) is 11.3 Å². The van der Waals surface area contributed by atoms with E-state index in [0.29, 0.717) is 5.69 Å². The molecule has 0 saturated carbocycles. The number of hydrogen-bond donors (Lipinski definition) is 2. The molecule has 0 fully saturated rings. The number of carbonyl (C=O) groups excluding carboxylic acids is 1. The fraction of sp³-hybridized carbons (Fsp3) is 0.250. The zero-order chi connectivity index (χ0) is 14.0. The number of ether oxygens (including phenoxy) is 1. The van der Waals surface area contributed by atoms with Crippen LogP contribution in [0.5, 0.6) is 5.75 Å². The Kier molecular flexibility index (Phi) is 3.84. The molecule has 1 amide bonds. The standard InChI is InChI=1S/C12H13BrN4O2/c1-6(2)19-9-4-3-7(5-8(9)13)10-11(12(14)18)16-17-15-10/h3-6H,1-2H3,(H2,14,18)(H,15,16,17). The fourth-order valence-corrected chi connectivity index (χ4v) is 2.07. The highest BCUT2D eigenvalue weighted by Crippen LogP contribution is 2.31. The second-order valence-electron chi connectivity index (χ2n) is 4.20. The Balaban J connectivity index is 2.39. The molecular weight excluding hydrogens is 312 g/mol. The van der Waals surface area contributed by atoms with E-state index in [2.05, 4.69) is 31.3 Å². The third kappa shape index (κ3) is 2.93. The Hall–Kier alpha value is -1.89. The number of nitrogens with zero attached hydrogens (tertiary/aromatic N) is 2. The van der Waals surface area contributed by atoms with Crippen molar-refractivity contribution >= 4 is 21.8 Å². The van der Waals surface area contributed by atoms with Gasteiger partial charge in [-0.05, 0) is 48.0 Å². The molecule has 100 valence electrons. The molecule has 0 unspecified atom stereocenters. The quantitative estimate of drug-likeness (QED) is 0.900. The van der Waals surface area contributed by atoms with E-state index in [0.717, 1.165) is 15.8 Å². The average Bonchev–Trinajstić information content (AvgIpc) is 2.80. The summed E-state index contributed by atoms with van der Waals surface area (Å²) in [4.78, 5) is 11.2. The number of amides is 1. The summed E-state index contributed by atoms with van der Waals surface area (Å²) in [5.74, 6) is 0.102. The van der Waals surface area contributed by atoms with Gasteiger partial charge < -0.3 is 10.5 Å². The van der Waals surface area contributed by atoms with Crippen molar-refractivity contribution in [1.82, 2.24) is 15.4 Å². The molecule has 0 aliphatic heterocycles. The van der Waals surface area contributed by atoms with Crippen LogP contribution >= 0.6 is 15.9 Å². The maximum Gasteiger partial charge on any atom is 0.271 e. The minimum absolute atomic E-state index is 0.0791. The summed E-state index contributed by atoms with van der Waals surface area (Å²) in [7, 11) is 0. The van der Waals surface area contributed by atoms with Gasteiger partial charge in [0.2, 0.25) is 0 Å². The van der Waals surface area contributed by atoms with Crippen molar-refractivity contribution in [3.63, 3.8) is 0 Å². The van der Waals surface area contributed by atoms with Crippen LogP contribution in [-0.2, 0) is 0 Å². The van der Waals surface area contributed by atoms with Gasteiger partial charge in [0.25, 0.3) is 5.91 Å². The number of hydrogen-bond acceptors (Lipinski definition) is 4. The van der Waals surface area contributed by atoms with Gasteiger partial charge in [-0.2, -0.15) is 15.4 Å². The van der Waals surface area contributed by atoms with E-state index in [4.69, 9.17) is 10.5 Å². The molecule has 7 heteroatoms. The summed E-state index contributed by atoms with van der Waals surface area (Å²) in [6.07, 6.45) is 0.0791. The van der Waals surface area contributed by atoms with Crippen LogP contribution in [-0.4, -0.2) is 27.4 Å². The first-order valence-electron chi connectivity index (χ1n) is 5.66. The number of benzene rings is 1. The summed E-state index contributed by atoms with van der Waals surface area (Å²) < 4.78 is 6.39. The molecule has 0 atom stereocenters. The Morgan fingerprint density at radius 3 is 2.74 bits per heavy atom. The summed E-state index contributed by atoms with van der Waals surface area (Å²) in [5.41, 5.74) is 6.50. The normalized spacial score (nSPS) is 10.7. The fourth-order valence-electron chi connectivity index (χ4n) is 1.60. The van der Waals surface area contributed by atoms with Gasteiger partial charge in [-0.3, -0.25) is 4.79 Å². The molecule has 2 rings (SSSR count). The van der Waals surface area contributed by atoms with Gasteiger partial charge in [0.1, 0.15) is 11.4 Å². The molecule has 0 aliphatic rings. The summed E-state index contributed by atoms with van der Waals surface area (Å²) >= 11 is 3.42. The second kappa shape index (κ2) is 5.40. The van der Waals surface area contributed by atoms with Crippen LogP contribution in [0.3, 0.4) is 0 Å². The van der Waals surface area contributed by atoms with Crippen molar-refractivity contribution in [2.75, 3.05) is 0 Å². The van der Waals surface area contributed by atoms with E-state index >= 15 is 0 Å². The first-order chi connectivity index (χ1) is 8.99. The van der Waals surface area contributed by atoms with Crippen molar-refractivity contribution in [2.45, 2.75) is 20.0 Å². The van der Waals surface area contributed by atoms with Gasteiger partial charge in [-0.1, -0.05) is 0 Å². The molecule has 1 aromatic heterocycles. The summed E-state index contributed by atoms with van der Waals surface area (Å²) in [6.45, 7) is 3.90. The molecule has 2 aromatic rings. The Labute approximate surface area is 118 Å². The largest absolute Gasteiger partial charge is 0.490 e. The number of rotatable bonds is 4. The van der Waals surface area contributed by atoms with Gasteiger partial charge in [0.05, 0.1) is 10.6 Å². The van der Waals surface area contributed by atoms with E-state index in [-0.39, 0.29) is 11.8 Å². The SMILES string of the molecule is CC(C)Oc1ccc(-c2n[nH]nc2C(N)=O)cc1Br. The van der Waals surface area contributed by atoms with E-state index in [9.17, 15) is 4.79 Å². The van der Waals surface area contributed by atoms with Gasteiger partial charge in [-0.25, -0.2) is 0 Å². The van der Waals surface area contributed by atoms with Gasteiger partial charge >= 0.3 is 0 Å². The minimum atomic E-state index is -0.623. The number of nitrogens with two attached hydrogens (primary N) is 1. The first-order valence-corrected chi connectivity index (χ1v) is 6.45. The zero-order valence-electron chi connectivity index (χ0n) is 10.5. The predicted molar refractivity (Wildman–Crippen MR) is 73.8 cm³/mol. The number of H-pyrrole nitrogens is 1. The molecule has 0 bridgehead atoms. The molecule has 6 nitrogen and oxygen atoms in total. The third-order valence-corrected chi connectivity index (χ3v) is 2.97. The summed E-state index contributed by atoms with van der Waals surface area (Å²) in [5, 5.41) is 10.1. The highest BCUT2D eigenvalue weighted by Gasteiger charge is 2.16. The first kappa shape index (κ1) is 13.5. The molecule has 1 heterocycles. The van der Waals surface area contributed by atoms with Gasteiger partial charge in [-0.15, -0.1) is 0 Å². The van der Waals surface area contributed by atoms with Crippen LogP contribution in [0.2, 0.25) is 0 Å². The lowest BCUT2D eigenvalue weighted by Gasteiger charge is -2.12. The zero-order valence-corrected chi connectivity index (χ0v) is 12.1. The van der Waals surface area contributed by atoms with Gasteiger partial charge in [0.15, 0.2) is 5.69 Å². The van der Waals surface area contributed by atoms with Crippen molar-refractivity contribution in [3.8, 4) is 17.0 Å². The molecule has 0 radical (unpaired) electrons. The van der Waals surface area contributed by atoms with Crippen molar-refractivity contribution in [3.05, 3.63) is 28.4 Å². The van der Waals surface area contributed by atoms with E-state index in [1.807, 2.05) is 19.9 Å². The summed E-state index contributed by atoms with van der Waals surface area (Å²) in [6, 6.07) is 5.41. The monoisotopic (exact) mass is 324 g/mol. The molecule has 0 spiro atoms. The number of aromatic amines is 1. The number of aromatic nitrogens is 3.